The molecule has 1 heterocycles. The molecule has 5 nitrogen and oxygen atoms in total. The van der Waals surface area contributed by atoms with Gasteiger partial charge in [0.2, 0.25) is 13.2 Å². The van der Waals surface area contributed by atoms with E-state index in [1.165, 1.54) is 116 Å². The van der Waals surface area contributed by atoms with Crippen molar-refractivity contribution in [3.05, 3.63) is 0 Å². The van der Waals surface area contributed by atoms with Crippen LogP contribution in [0.3, 0.4) is 0 Å². The molecule has 6 aliphatic rings. The van der Waals surface area contributed by atoms with Crippen LogP contribution >= 0.6 is 0 Å². The SMILES string of the molecule is O=C([B]C1CCCCCCCC1)NC12CCC(N3CCN([B]C4CCCCCCCCCC4)C(=O)C3)(CC1)CC2. The first-order valence-corrected chi connectivity index (χ1v) is 17.6. The molecule has 0 atom stereocenters. The zero-order chi connectivity index (χ0) is 27.7. The van der Waals surface area contributed by atoms with Crippen LogP contribution in [-0.2, 0) is 4.79 Å². The molecule has 2 amide bonds. The second-order valence-corrected chi connectivity index (χ2v) is 14.4. The van der Waals surface area contributed by atoms with Gasteiger partial charge in [0.05, 0.1) is 6.54 Å². The molecule has 1 aliphatic heterocycles. The number of nitrogens with zero attached hydrogens (tertiary/aromatic N) is 2. The van der Waals surface area contributed by atoms with E-state index in [0.717, 1.165) is 51.6 Å². The fraction of sp³-hybridized carbons (Fsp3) is 0.939. The second kappa shape index (κ2) is 15.0. The van der Waals surface area contributed by atoms with E-state index in [1.807, 2.05) is 7.28 Å². The lowest BCUT2D eigenvalue weighted by Crippen LogP contribution is -2.67. The Bertz CT molecular complexity index is 777. The first kappa shape index (κ1) is 30.5. The number of piperazine rings is 1. The van der Waals surface area contributed by atoms with Gasteiger partial charge < -0.3 is 10.1 Å². The van der Waals surface area contributed by atoms with Crippen molar-refractivity contribution < 1.29 is 9.59 Å². The summed E-state index contributed by atoms with van der Waals surface area (Å²) >= 11 is 0. The summed E-state index contributed by atoms with van der Waals surface area (Å²) in [6, 6.07) is 0. The summed E-state index contributed by atoms with van der Waals surface area (Å²) in [5, 5.41) is 3.53. The average molecular weight is 549 g/mol. The van der Waals surface area contributed by atoms with Gasteiger partial charge in [-0.15, -0.1) is 0 Å². The van der Waals surface area contributed by atoms with Crippen molar-refractivity contribution in [3.63, 3.8) is 0 Å². The molecule has 1 saturated heterocycles. The molecule has 40 heavy (non-hydrogen) atoms. The van der Waals surface area contributed by atoms with Gasteiger partial charge in [0.25, 0.3) is 7.41 Å². The molecular formula is C33H57B2N3O2. The van der Waals surface area contributed by atoms with Gasteiger partial charge in [0.1, 0.15) is 0 Å². The van der Waals surface area contributed by atoms with Crippen LogP contribution in [0, 0.1) is 0 Å². The normalized spacial score (nSPS) is 32.8. The summed E-state index contributed by atoms with van der Waals surface area (Å²) in [6.07, 6.45) is 30.3. The molecule has 0 unspecified atom stereocenters. The quantitative estimate of drug-likeness (QED) is 0.347. The molecule has 0 aromatic rings. The first-order valence-electron chi connectivity index (χ1n) is 17.6. The lowest BCUT2D eigenvalue weighted by molar-refractivity contribution is -0.137. The van der Waals surface area contributed by atoms with Gasteiger partial charge in [-0.05, 0) is 44.3 Å². The van der Waals surface area contributed by atoms with Gasteiger partial charge in [-0.3, -0.25) is 14.5 Å². The largest absolute Gasteiger partial charge is 0.388 e. The van der Waals surface area contributed by atoms with Crippen molar-refractivity contribution in [2.24, 2.45) is 0 Å². The lowest BCUT2D eigenvalue weighted by Gasteiger charge is -2.59. The van der Waals surface area contributed by atoms with Crippen LogP contribution in [0.15, 0.2) is 0 Å². The third kappa shape index (κ3) is 8.32. The van der Waals surface area contributed by atoms with Crippen molar-refractivity contribution in [1.82, 2.24) is 15.0 Å². The maximum absolute atomic E-state index is 13.4. The standard InChI is InChI=1S/C33H57B2N3O2/c39-30-27-37(25-26-38(30)35-29-17-13-9-3-1-2-4-10-14-18-29)33-22-19-32(20-23-33,21-24-33)36-31(40)34-28-15-11-7-5-6-8-12-16-28/h28-29H,1-27H2,(H,36,40). The molecule has 1 N–H and O–H groups in total. The minimum Gasteiger partial charge on any atom is -0.388 e. The van der Waals surface area contributed by atoms with E-state index in [0.29, 0.717) is 24.1 Å². The van der Waals surface area contributed by atoms with Gasteiger partial charge >= 0.3 is 0 Å². The van der Waals surface area contributed by atoms with Crippen molar-refractivity contribution in [3.8, 4) is 0 Å². The molecule has 0 spiro atoms. The third-order valence-corrected chi connectivity index (χ3v) is 11.6. The van der Waals surface area contributed by atoms with E-state index < -0.39 is 0 Å². The highest BCUT2D eigenvalue weighted by Gasteiger charge is 2.52. The van der Waals surface area contributed by atoms with E-state index in [2.05, 4.69) is 22.4 Å². The lowest BCUT2D eigenvalue weighted by atomic mass is 9.57. The zero-order valence-corrected chi connectivity index (χ0v) is 25.6. The van der Waals surface area contributed by atoms with Gasteiger partial charge in [-0.2, -0.15) is 0 Å². The predicted molar refractivity (Wildman–Crippen MR) is 167 cm³/mol. The fourth-order valence-corrected chi connectivity index (χ4v) is 8.85. The Balaban J connectivity index is 1.07. The highest BCUT2D eigenvalue weighted by atomic mass is 16.2. The Morgan fingerprint density at radius 1 is 0.650 bits per heavy atom. The molecule has 2 radical (unpaired) electrons. The van der Waals surface area contributed by atoms with Crippen LogP contribution in [0.25, 0.3) is 0 Å². The van der Waals surface area contributed by atoms with E-state index in [-0.39, 0.29) is 16.9 Å². The van der Waals surface area contributed by atoms with Crippen LogP contribution in [-0.4, -0.2) is 66.8 Å². The Kier molecular flexibility index (Phi) is 11.4. The second-order valence-electron chi connectivity index (χ2n) is 14.4. The molecule has 5 aliphatic carbocycles. The Hall–Kier alpha value is -0.970. The average Bonchev–Trinajstić information content (AvgIpc) is 3.04. The maximum Gasteiger partial charge on any atom is 0.253 e. The van der Waals surface area contributed by atoms with Gasteiger partial charge in [0, 0.05) is 24.2 Å². The maximum atomic E-state index is 13.4. The number of carbonyl (C=O) groups excluding carboxylic acids is 2. The number of rotatable bonds is 6. The van der Waals surface area contributed by atoms with Crippen molar-refractivity contribution in [1.29, 1.82) is 0 Å². The van der Waals surface area contributed by atoms with E-state index in [1.54, 1.807) is 0 Å². The number of hydrogen-bond acceptors (Lipinski definition) is 3. The fourth-order valence-electron chi connectivity index (χ4n) is 8.85. The van der Waals surface area contributed by atoms with Gasteiger partial charge in [-0.1, -0.05) is 121 Å². The number of hydrogen-bond donors (Lipinski definition) is 1. The first-order chi connectivity index (χ1) is 19.6. The molecule has 6 fully saturated rings. The van der Waals surface area contributed by atoms with Crippen LogP contribution in [0.4, 0.5) is 4.79 Å². The number of amides is 2. The Morgan fingerprint density at radius 3 is 1.62 bits per heavy atom. The Morgan fingerprint density at radius 2 is 1.12 bits per heavy atom. The molecule has 0 aromatic carbocycles. The van der Waals surface area contributed by atoms with Crippen molar-refractivity contribution in [2.75, 3.05) is 19.6 Å². The van der Waals surface area contributed by atoms with E-state index >= 15 is 0 Å². The van der Waals surface area contributed by atoms with Gasteiger partial charge in [0.15, 0.2) is 5.81 Å². The Labute approximate surface area is 247 Å². The minimum atomic E-state index is -0.0118. The summed E-state index contributed by atoms with van der Waals surface area (Å²) in [6.45, 7) is 2.44. The molecule has 6 rings (SSSR count). The predicted octanol–water partition coefficient (Wildman–Crippen LogP) is 7.64. The van der Waals surface area contributed by atoms with Crippen molar-refractivity contribution in [2.45, 2.75) is 177 Å². The highest BCUT2D eigenvalue weighted by molar-refractivity contribution is 6.74. The summed E-state index contributed by atoms with van der Waals surface area (Å²) in [5.74, 6) is 1.54. The molecule has 222 valence electrons. The smallest absolute Gasteiger partial charge is 0.253 e. The molecular weight excluding hydrogens is 492 g/mol. The highest BCUT2D eigenvalue weighted by Crippen LogP contribution is 2.50. The molecule has 2 bridgehead atoms. The number of nitrogens with one attached hydrogen (secondary N) is 1. The molecule has 0 aromatic heterocycles. The van der Waals surface area contributed by atoms with Crippen LogP contribution in [0.2, 0.25) is 11.6 Å². The third-order valence-electron chi connectivity index (χ3n) is 11.6. The monoisotopic (exact) mass is 549 g/mol. The van der Waals surface area contributed by atoms with E-state index in [9.17, 15) is 9.59 Å². The van der Waals surface area contributed by atoms with E-state index in [4.69, 9.17) is 0 Å². The van der Waals surface area contributed by atoms with Crippen LogP contribution in [0.5, 0.6) is 0 Å². The molecule has 5 saturated carbocycles. The summed E-state index contributed by atoms with van der Waals surface area (Å²) in [5.41, 5.74) is 0.159. The number of fused-ring (bicyclic) bond motifs is 3. The minimum absolute atomic E-state index is 0.0118. The van der Waals surface area contributed by atoms with Crippen LogP contribution in [0.1, 0.15) is 154 Å². The number of carbonyl (C=O) groups is 2. The summed E-state index contributed by atoms with van der Waals surface area (Å²) in [7, 11) is 4.39. The van der Waals surface area contributed by atoms with Gasteiger partial charge in [-0.25, -0.2) is 0 Å². The topological polar surface area (TPSA) is 52.7 Å². The summed E-state index contributed by atoms with van der Waals surface area (Å²) < 4.78 is 0. The van der Waals surface area contributed by atoms with Crippen LogP contribution < -0.4 is 5.32 Å². The van der Waals surface area contributed by atoms with Crippen molar-refractivity contribution >= 4 is 26.4 Å². The molecule has 7 heteroatoms. The zero-order valence-electron chi connectivity index (χ0n) is 25.6. The summed E-state index contributed by atoms with van der Waals surface area (Å²) in [4.78, 5) is 31.2.